The first-order chi connectivity index (χ1) is 11.5. The second kappa shape index (κ2) is 8.21. The molecule has 6 heteroatoms. The van der Waals surface area contributed by atoms with Crippen molar-refractivity contribution in [3.8, 4) is 0 Å². The Kier molecular flexibility index (Phi) is 6.03. The van der Waals surface area contributed by atoms with E-state index in [1.165, 1.54) is 0 Å². The van der Waals surface area contributed by atoms with Gasteiger partial charge in [-0.3, -0.25) is 19.5 Å². The predicted octanol–water partition coefficient (Wildman–Crippen LogP) is 2.21. The summed E-state index contributed by atoms with van der Waals surface area (Å²) in [6, 6.07) is 9.37. The van der Waals surface area contributed by atoms with Crippen molar-refractivity contribution in [1.82, 2.24) is 9.88 Å². The summed E-state index contributed by atoms with van der Waals surface area (Å²) in [5, 5.41) is 5.65. The number of carbonyl (C=O) groups excluding carboxylic acids is 2. The summed E-state index contributed by atoms with van der Waals surface area (Å²) in [5.74, 6) is -0.338. The van der Waals surface area contributed by atoms with Crippen molar-refractivity contribution in [2.75, 3.05) is 30.8 Å². The third-order valence-corrected chi connectivity index (χ3v) is 3.52. The number of benzene rings is 1. The lowest BCUT2D eigenvalue weighted by Gasteiger charge is -2.17. The van der Waals surface area contributed by atoms with E-state index in [0.29, 0.717) is 5.69 Å². The van der Waals surface area contributed by atoms with Gasteiger partial charge in [-0.15, -0.1) is 0 Å². The van der Waals surface area contributed by atoms with Crippen LogP contribution in [-0.4, -0.2) is 41.8 Å². The van der Waals surface area contributed by atoms with Gasteiger partial charge in [0.25, 0.3) is 0 Å². The largest absolute Gasteiger partial charge is 0.324 e. The minimum Gasteiger partial charge on any atom is -0.324 e. The quantitative estimate of drug-likeness (QED) is 0.853. The normalized spacial score (nSPS) is 10.5. The summed E-state index contributed by atoms with van der Waals surface area (Å²) in [6.07, 6.45) is 3.21. The third-order valence-electron chi connectivity index (χ3n) is 3.52. The molecule has 2 rings (SSSR count). The first kappa shape index (κ1) is 17.6. The van der Waals surface area contributed by atoms with E-state index < -0.39 is 0 Å². The van der Waals surface area contributed by atoms with Crippen LogP contribution in [0.2, 0.25) is 0 Å². The molecule has 24 heavy (non-hydrogen) atoms. The summed E-state index contributed by atoms with van der Waals surface area (Å²) in [4.78, 5) is 29.7. The molecule has 0 unspecified atom stereocenters. The molecule has 0 fully saturated rings. The fourth-order valence-electron chi connectivity index (χ4n) is 2.37. The number of nitrogens with one attached hydrogen (secondary N) is 2. The standard InChI is InChI=1S/C18H22N4O2/c1-13-6-4-7-14(2)18(13)21-17(24)12-22(3)11-16(23)20-15-8-5-9-19-10-15/h4-10H,11-12H2,1-3H3,(H,20,23)(H,21,24). The van der Waals surface area contributed by atoms with Crippen molar-refractivity contribution in [1.29, 1.82) is 0 Å². The van der Waals surface area contributed by atoms with E-state index in [9.17, 15) is 9.59 Å². The summed E-state index contributed by atoms with van der Waals surface area (Å²) in [6.45, 7) is 4.16. The molecule has 0 atom stereocenters. The lowest BCUT2D eigenvalue weighted by Crippen LogP contribution is -2.36. The Morgan fingerprint density at radius 3 is 2.21 bits per heavy atom. The smallest absolute Gasteiger partial charge is 0.238 e. The van der Waals surface area contributed by atoms with Gasteiger partial charge in [-0.05, 0) is 44.2 Å². The highest BCUT2D eigenvalue weighted by Gasteiger charge is 2.12. The van der Waals surface area contributed by atoms with Gasteiger partial charge in [0.05, 0.1) is 25.0 Å². The van der Waals surface area contributed by atoms with Gasteiger partial charge < -0.3 is 10.6 Å². The van der Waals surface area contributed by atoms with Crippen molar-refractivity contribution in [2.45, 2.75) is 13.8 Å². The maximum atomic E-state index is 12.2. The summed E-state index contributed by atoms with van der Waals surface area (Å²) >= 11 is 0. The van der Waals surface area contributed by atoms with Crippen molar-refractivity contribution in [3.63, 3.8) is 0 Å². The number of amides is 2. The number of pyridine rings is 1. The number of para-hydroxylation sites is 1. The van der Waals surface area contributed by atoms with Gasteiger partial charge >= 0.3 is 0 Å². The molecule has 0 aliphatic rings. The molecule has 6 nitrogen and oxygen atoms in total. The predicted molar refractivity (Wildman–Crippen MR) is 94.9 cm³/mol. The molecule has 0 saturated carbocycles. The van der Waals surface area contributed by atoms with Gasteiger partial charge in [0.2, 0.25) is 11.8 Å². The van der Waals surface area contributed by atoms with E-state index in [1.54, 1.807) is 36.5 Å². The molecular weight excluding hydrogens is 304 g/mol. The fraction of sp³-hybridized carbons (Fsp3) is 0.278. The minimum atomic E-state index is -0.189. The fourth-order valence-corrected chi connectivity index (χ4v) is 2.37. The van der Waals surface area contributed by atoms with Crippen LogP contribution in [-0.2, 0) is 9.59 Å². The van der Waals surface area contributed by atoms with Crippen LogP contribution in [0.4, 0.5) is 11.4 Å². The summed E-state index contributed by atoms with van der Waals surface area (Å²) in [7, 11) is 1.73. The number of aryl methyl sites for hydroxylation is 2. The van der Waals surface area contributed by atoms with Crippen LogP contribution < -0.4 is 10.6 Å². The van der Waals surface area contributed by atoms with Crippen molar-refractivity contribution >= 4 is 23.2 Å². The molecule has 1 heterocycles. The van der Waals surface area contributed by atoms with Crippen LogP contribution in [0.25, 0.3) is 0 Å². The molecule has 0 aliphatic heterocycles. The van der Waals surface area contributed by atoms with Crippen molar-refractivity contribution in [2.24, 2.45) is 0 Å². The zero-order valence-electron chi connectivity index (χ0n) is 14.2. The van der Waals surface area contributed by atoms with E-state index in [-0.39, 0.29) is 24.9 Å². The lowest BCUT2D eigenvalue weighted by atomic mass is 10.1. The number of hydrogen-bond acceptors (Lipinski definition) is 4. The Labute approximate surface area is 141 Å². The van der Waals surface area contributed by atoms with Crippen LogP contribution >= 0.6 is 0 Å². The summed E-state index contributed by atoms with van der Waals surface area (Å²) in [5.41, 5.74) is 3.49. The zero-order chi connectivity index (χ0) is 17.5. The Morgan fingerprint density at radius 2 is 1.62 bits per heavy atom. The molecule has 1 aromatic carbocycles. The van der Waals surface area contributed by atoms with Gasteiger partial charge in [-0.2, -0.15) is 0 Å². The number of aromatic nitrogens is 1. The second-order valence-electron chi connectivity index (χ2n) is 5.78. The molecule has 0 spiro atoms. The monoisotopic (exact) mass is 326 g/mol. The highest BCUT2D eigenvalue weighted by molar-refractivity contribution is 5.95. The molecule has 2 amide bonds. The molecule has 0 radical (unpaired) electrons. The molecule has 1 aromatic heterocycles. The average molecular weight is 326 g/mol. The van der Waals surface area contributed by atoms with Gasteiger partial charge in [0, 0.05) is 11.9 Å². The van der Waals surface area contributed by atoms with Crippen LogP contribution in [0.1, 0.15) is 11.1 Å². The number of carbonyl (C=O) groups is 2. The maximum Gasteiger partial charge on any atom is 0.238 e. The minimum absolute atomic E-state index is 0.120. The molecule has 2 N–H and O–H groups in total. The Morgan fingerprint density at radius 1 is 1.00 bits per heavy atom. The second-order valence-corrected chi connectivity index (χ2v) is 5.78. The average Bonchev–Trinajstić information content (AvgIpc) is 2.51. The molecule has 2 aromatic rings. The highest BCUT2D eigenvalue weighted by Crippen LogP contribution is 2.19. The molecule has 0 aliphatic carbocycles. The number of nitrogens with zero attached hydrogens (tertiary/aromatic N) is 2. The van der Waals surface area contributed by atoms with Gasteiger partial charge in [-0.1, -0.05) is 18.2 Å². The Hall–Kier alpha value is -2.73. The van der Waals surface area contributed by atoms with Gasteiger partial charge in [0.15, 0.2) is 0 Å². The third kappa shape index (κ3) is 5.17. The van der Waals surface area contributed by atoms with E-state index in [2.05, 4.69) is 15.6 Å². The molecule has 126 valence electrons. The topological polar surface area (TPSA) is 74.3 Å². The van der Waals surface area contributed by atoms with E-state index in [1.807, 2.05) is 32.0 Å². The van der Waals surface area contributed by atoms with E-state index in [4.69, 9.17) is 0 Å². The number of rotatable bonds is 6. The maximum absolute atomic E-state index is 12.2. The van der Waals surface area contributed by atoms with Crippen LogP contribution in [0, 0.1) is 13.8 Å². The molecule has 0 bridgehead atoms. The highest BCUT2D eigenvalue weighted by atomic mass is 16.2. The first-order valence-corrected chi connectivity index (χ1v) is 7.70. The molecule has 0 saturated heterocycles. The van der Waals surface area contributed by atoms with Gasteiger partial charge in [0.1, 0.15) is 0 Å². The Bertz CT molecular complexity index is 696. The van der Waals surface area contributed by atoms with E-state index >= 15 is 0 Å². The summed E-state index contributed by atoms with van der Waals surface area (Å²) < 4.78 is 0. The Balaban J connectivity index is 1.84. The van der Waals surface area contributed by atoms with E-state index in [0.717, 1.165) is 16.8 Å². The molecular formula is C18H22N4O2. The number of anilines is 2. The van der Waals surface area contributed by atoms with Crippen LogP contribution in [0.5, 0.6) is 0 Å². The van der Waals surface area contributed by atoms with Crippen molar-refractivity contribution in [3.05, 3.63) is 53.9 Å². The van der Waals surface area contributed by atoms with Gasteiger partial charge in [-0.25, -0.2) is 0 Å². The van der Waals surface area contributed by atoms with Crippen molar-refractivity contribution < 1.29 is 9.59 Å². The lowest BCUT2D eigenvalue weighted by molar-refractivity contribution is -0.119. The first-order valence-electron chi connectivity index (χ1n) is 7.70. The number of hydrogen-bond donors (Lipinski definition) is 2. The SMILES string of the molecule is Cc1cccc(C)c1NC(=O)CN(C)CC(=O)Nc1cccnc1. The zero-order valence-corrected chi connectivity index (χ0v) is 14.2. The van der Waals surface area contributed by atoms with Crippen LogP contribution in [0.3, 0.4) is 0 Å². The van der Waals surface area contributed by atoms with Crippen LogP contribution in [0.15, 0.2) is 42.7 Å². The number of likely N-dealkylation sites (N-methyl/N-ethyl adjacent to an activating group) is 1.